The van der Waals surface area contributed by atoms with Crippen LogP contribution in [0.15, 0.2) is 121 Å². The monoisotopic (exact) mass is 1260 g/mol. The predicted molar refractivity (Wildman–Crippen MR) is 360 cm³/mol. The molecule has 1 amide bonds. The van der Waals surface area contributed by atoms with Crippen LogP contribution in [0.5, 0.6) is 0 Å². The van der Waals surface area contributed by atoms with Gasteiger partial charge in [-0.05, 0) is 158 Å². The average Bonchev–Trinajstić information content (AvgIpc) is 0.715. The van der Waals surface area contributed by atoms with Crippen LogP contribution >= 0.6 is 23.1 Å². The Morgan fingerprint density at radius 1 is 0.773 bits per heavy atom. The molecule has 88 heavy (non-hydrogen) atoms. The number of thiazole rings is 1. The first-order valence-corrected chi connectivity index (χ1v) is 36.6. The number of carbonyl (C=O) groups is 2. The zero-order chi connectivity index (χ0) is 62.5. The van der Waals surface area contributed by atoms with Crippen molar-refractivity contribution in [1.29, 1.82) is 0 Å². The topological polar surface area (TPSA) is 167 Å². The molecule has 4 aromatic carbocycles. The number of nitrogens with one attached hydrogen (secondary N) is 2. The second kappa shape index (κ2) is 24.5. The van der Waals surface area contributed by atoms with Crippen molar-refractivity contribution in [1.82, 2.24) is 25.1 Å². The maximum Gasteiger partial charge on any atom is 0.358 e. The zero-order valence-corrected chi connectivity index (χ0v) is 56.8. The molecule has 4 aliphatic carbocycles. The Bertz CT molecular complexity index is 3710. The van der Waals surface area contributed by atoms with Crippen molar-refractivity contribution in [2.24, 2.45) is 21.7 Å². The van der Waals surface area contributed by atoms with E-state index < -0.39 is 35.4 Å². The van der Waals surface area contributed by atoms with Crippen LogP contribution in [0.1, 0.15) is 152 Å². The van der Waals surface area contributed by atoms with Crippen molar-refractivity contribution in [2.75, 3.05) is 54.6 Å². The van der Waals surface area contributed by atoms with Crippen molar-refractivity contribution >= 4 is 85.0 Å². The highest BCUT2D eigenvalue weighted by molar-refractivity contribution is 8.00. The van der Waals surface area contributed by atoms with Gasteiger partial charge in [-0.2, -0.15) is 25.3 Å². The van der Waals surface area contributed by atoms with Crippen molar-refractivity contribution < 1.29 is 31.4 Å². The van der Waals surface area contributed by atoms with E-state index in [1.54, 1.807) is 0 Å². The Labute approximate surface area is 531 Å². The normalized spacial score (nSPS) is 22.1. The van der Waals surface area contributed by atoms with Crippen LogP contribution in [-0.4, -0.2) is 103 Å². The third kappa shape index (κ3) is 13.8. The predicted octanol–water partition coefficient (Wildman–Crippen LogP) is 13.4. The second-order valence-electron chi connectivity index (χ2n) is 29.3. The van der Waals surface area contributed by atoms with Crippen LogP contribution < -0.4 is 25.9 Å². The summed E-state index contributed by atoms with van der Waals surface area (Å²) >= 11 is 3.53. The molecule has 3 aromatic heterocycles. The molecule has 14 nitrogen and oxygen atoms in total. The van der Waals surface area contributed by atoms with E-state index in [1.165, 1.54) is 41.0 Å². The molecule has 2 atom stereocenters. The summed E-state index contributed by atoms with van der Waals surface area (Å²) in [5.41, 5.74) is 5.45. The number of thioether (sulfide) groups is 1. The van der Waals surface area contributed by atoms with Gasteiger partial charge in [-0.25, -0.2) is 14.8 Å². The fraction of sp³-hybridized carbons (Fsp3) is 0.500. The molecule has 2 unspecified atom stereocenters. The Kier molecular flexibility index (Phi) is 17.7. The van der Waals surface area contributed by atoms with E-state index in [9.17, 15) is 18.0 Å². The lowest BCUT2D eigenvalue weighted by atomic mass is 9.40. The lowest BCUT2D eigenvalue weighted by molar-refractivity contribution is -0.139. The van der Waals surface area contributed by atoms with Gasteiger partial charge in [0.25, 0.3) is 24.3 Å². The number of anilines is 2. The maximum absolute atomic E-state index is 14.4. The molecule has 7 aromatic rings. The van der Waals surface area contributed by atoms with Crippen molar-refractivity contribution in [3.05, 3.63) is 150 Å². The maximum atomic E-state index is 14.4. The number of aromatic nitrogens is 4. The van der Waals surface area contributed by atoms with Gasteiger partial charge in [-0.15, -0.1) is 0 Å². The third-order valence-electron chi connectivity index (χ3n) is 18.7. The molecule has 12 rings (SSSR count). The Morgan fingerprint density at radius 2 is 1.45 bits per heavy atom. The first-order valence-electron chi connectivity index (χ1n) is 31.3. The van der Waals surface area contributed by atoms with E-state index in [4.69, 9.17) is 23.4 Å². The highest BCUT2D eigenvalue weighted by Crippen LogP contribution is 2.74. The second-order valence-corrected chi connectivity index (χ2v) is 38.0. The van der Waals surface area contributed by atoms with Crippen LogP contribution in [0, 0.1) is 28.6 Å². The molecule has 0 spiro atoms. The SMILES string of the molecule is Cc1c(-c2ccc(N3CCc4cccc(C(=O)Nc5nc6ccccc6s5)c4C3)nc2C(=O)OC(C)(C)C)cnn1CC12CC3(C)CC(C)(C1)CC(SCCNCCS(=O)(=O)OCC(C)(C)CCO[Si](c1ccccc1)(c1ccccc1)C(C)(C)C)(C3)C2. The van der Waals surface area contributed by atoms with Gasteiger partial charge in [0.2, 0.25) is 0 Å². The first kappa shape index (κ1) is 63.8. The summed E-state index contributed by atoms with van der Waals surface area (Å²) in [5.74, 6) is 0.713. The molecule has 468 valence electrons. The number of hydrogen-bond acceptors (Lipinski definition) is 14. The molecule has 2 N–H and O–H groups in total. The summed E-state index contributed by atoms with van der Waals surface area (Å²) in [5, 5.41) is 14.5. The number of amides is 1. The minimum absolute atomic E-state index is 0.0320. The number of fused-ring (bicyclic) bond motifs is 2. The van der Waals surface area contributed by atoms with Gasteiger partial charge in [0.1, 0.15) is 11.4 Å². The van der Waals surface area contributed by atoms with Crippen LogP contribution in [0.3, 0.4) is 0 Å². The summed E-state index contributed by atoms with van der Waals surface area (Å²) < 4.78 is 49.0. The van der Waals surface area contributed by atoms with E-state index in [1.807, 2.05) is 87.6 Å². The number of para-hydroxylation sites is 1. The Morgan fingerprint density at radius 3 is 2.12 bits per heavy atom. The van der Waals surface area contributed by atoms with E-state index in [0.717, 1.165) is 64.2 Å². The van der Waals surface area contributed by atoms with E-state index in [0.29, 0.717) is 67.7 Å². The van der Waals surface area contributed by atoms with Crippen molar-refractivity contribution in [2.45, 2.75) is 156 Å². The molecule has 4 heterocycles. The number of ether oxygens (including phenoxy) is 1. The van der Waals surface area contributed by atoms with Crippen LogP contribution in [-0.2, 0) is 43.0 Å². The van der Waals surface area contributed by atoms with Crippen LogP contribution in [0.25, 0.3) is 21.3 Å². The molecule has 18 heteroatoms. The van der Waals surface area contributed by atoms with Crippen LogP contribution in [0.4, 0.5) is 10.9 Å². The molecule has 0 saturated heterocycles. The van der Waals surface area contributed by atoms with Gasteiger partial charge < -0.3 is 19.4 Å². The number of hydrogen-bond donors (Lipinski definition) is 2. The molecule has 4 fully saturated rings. The standard InChI is InChI=1S/C70H89N7O7S3Si/c1-49-55(53-29-30-59(74-60(53)62(79)84-64(2,3)4)76-35-31-50-21-20-26-54(56(50)40-76)61(78)75-63-73-57-27-18-19-28-58(57)86-63)39-72-77(49)47-69-42-67(10)41-68(11,43-69)45-70(44-67,46-69)85-37-33-71-34-38-87(80,81)82-48-66(8,9)32-36-83-88(65(5,6)7,51-22-14-12-15-23-51)52-24-16-13-17-25-52/h12-30,39,71H,31-38,40-48H2,1-11H3,(H,73,75,78). The highest BCUT2D eigenvalue weighted by atomic mass is 32.2. The van der Waals surface area contributed by atoms with Crippen molar-refractivity contribution in [3.63, 3.8) is 0 Å². The molecule has 4 saturated carbocycles. The number of pyridine rings is 1. The zero-order valence-electron chi connectivity index (χ0n) is 53.4. The summed E-state index contributed by atoms with van der Waals surface area (Å²) in [6, 6.07) is 38.9. The van der Waals surface area contributed by atoms with Crippen molar-refractivity contribution in [3.8, 4) is 11.1 Å². The number of rotatable bonds is 23. The van der Waals surface area contributed by atoms with E-state index >= 15 is 0 Å². The lowest BCUT2D eigenvalue weighted by Crippen LogP contribution is -2.66. The Hall–Kier alpha value is -5.73. The van der Waals surface area contributed by atoms with E-state index in [2.05, 4.69) is 147 Å². The van der Waals surface area contributed by atoms with Gasteiger partial charge in [-0.1, -0.05) is 145 Å². The number of esters is 1. The highest BCUT2D eigenvalue weighted by Gasteiger charge is 2.65. The van der Waals surface area contributed by atoms with Gasteiger partial charge in [0.05, 0.1) is 28.8 Å². The summed E-state index contributed by atoms with van der Waals surface area (Å²) in [6.07, 6.45) is 10.2. The first-order chi connectivity index (χ1) is 41.6. The number of nitrogens with zero attached hydrogens (tertiary/aromatic N) is 5. The molecule has 5 aliphatic rings. The summed E-state index contributed by atoms with van der Waals surface area (Å²) in [4.78, 5) is 40.2. The van der Waals surface area contributed by atoms with Gasteiger partial charge in [-0.3, -0.25) is 19.0 Å². The molecule has 0 radical (unpaired) electrons. The quantitative estimate of drug-likeness (QED) is 0.0269. The van der Waals surface area contributed by atoms with Crippen LogP contribution in [0.2, 0.25) is 5.04 Å². The molecular formula is C70H89N7O7S3Si. The van der Waals surface area contributed by atoms with E-state index in [-0.39, 0.29) is 50.0 Å². The van der Waals surface area contributed by atoms with Gasteiger partial charge in [0, 0.05) is 72.2 Å². The molecular weight excluding hydrogens is 1180 g/mol. The third-order valence-corrected chi connectivity index (χ3v) is 27.3. The fourth-order valence-electron chi connectivity index (χ4n) is 16.0. The summed E-state index contributed by atoms with van der Waals surface area (Å²) in [6.45, 7) is 27.1. The largest absolute Gasteiger partial charge is 0.455 e. The number of carbonyl (C=O) groups excluding carboxylic acids is 2. The fourth-order valence-corrected chi connectivity index (χ4v) is 24.5. The average molecular weight is 1260 g/mol. The Balaban J connectivity index is 0.716. The lowest BCUT2D eigenvalue weighted by Gasteiger charge is -2.69. The smallest absolute Gasteiger partial charge is 0.358 e. The summed E-state index contributed by atoms with van der Waals surface area (Å²) in [7, 11) is -6.50. The number of benzene rings is 4. The minimum Gasteiger partial charge on any atom is -0.455 e. The molecule has 1 aliphatic heterocycles. The van der Waals surface area contributed by atoms with Gasteiger partial charge in [0.15, 0.2) is 10.8 Å². The molecule has 4 bridgehead atoms. The van der Waals surface area contributed by atoms with Gasteiger partial charge >= 0.3 is 5.97 Å². The minimum atomic E-state index is -3.77.